The molecule has 0 aromatic heterocycles. The highest BCUT2D eigenvalue weighted by Crippen LogP contribution is 2.51. The topological polar surface area (TPSA) is 113 Å². The van der Waals surface area contributed by atoms with E-state index in [1.807, 2.05) is 13.8 Å². The Bertz CT molecular complexity index is 1270. The highest BCUT2D eigenvalue weighted by atomic mass is 35.5. The number of nitriles is 1. The molecule has 0 saturated carbocycles. The molecule has 1 heterocycles. The van der Waals surface area contributed by atoms with Gasteiger partial charge in [0.25, 0.3) is 5.69 Å². The van der Waals surface area contributed by atoms with Gasteiger partial charge in [0.1, 0.15) is 11.6 Å². The summed E-state index contributed by atoms with van der Waals surface area (Å²) in [6.45, 7) is 3.88. The number of hydrogen-bond acceptors (Lipinski definition) is 6. The SMILES string of the molecule is CC1(C)CC(=O)C2=C(C1)N(c1ccc([N+](=O)[O-])cc1)C(N)=C(C#N)C2c1c(F)cccc1Cl. The third-order valence-electron chi connectivity index (χ3n) is 5.99. The summed E-state index contributed by atoms with van der Waals surface area (Å²) in [6.07, 6.45) is 0.633. The van der Waals surface area contributed by atoms with Gasteiger partial charge in [-0.05, 0) is 36.1 Å². The number of halogens is 2. The van der Waals surface area contributed by atoms with Crippen molar-refractivity contribution in [3.8, 4) is 6.07 Å². The van der Waals surface area contributed by atoms with Crippen LogP contribution in [-0.4, -0.2) is 10.7 Å². The molecule has 0 radical (unpaired) electrons. The van der Waals surface area contributed by atoms with Gasteiger partial charge in [0, 0.05) is 46.1 Å². The highest BCUT2D eigenvalue weighted by Gasteiger charge is 2.45. The second-order valence-corrected chi connectivity index (χ2v) is 9.30. The van der Waals surface area contributed by atoms with Crippen molar-refractivity contribution in [1.82, 2.24) is 0 Å². The van der Waals surface area contributed by atoms with Gasteiger partial charge < -0.3 is 5.73 Å². The first kappa shape index (κ1) is 22.5. The summed E-state index contributed by atoms with van der Waals surface area (Å²) in [7, 11) is 0. The van der Waals surface area contributed by atoms with E-state index in [1.54, 1.807) is 4.90 Å². The summed E-state index contributed by atoms with van der Waals surface area (Å²) in [5.41, 5.74) is 7.23. The van der Waals surface area contributed by atoms with Crippen molar-refractivity contribution < 1.29 is 14.1 Å². The standard InChI is InChI=1S/C24H20ClFN4O3/c1-24(2)10-18-22(19(31)11-24)20(21-16(25)4-3-5-17(21)26)15(12-27)23(28)29(18)13-6-8-14(9-7-13)30(32)33/h3-9,20H,10-11,28H2,1-2H3. The molecule has 9 heteroatoms. The smallest absolute Gasteiger partial charge is 0.269 e. The number of anilines is 1. The Hall–Kier alpha value is -3.70. The number of nitrogens with zero attached hydrogens (tertiary/aromatic N) is 3. The number of rotatable bonds is 3. The predicted octanol–water partition coefficient (Wildman–Crippen LogP) is 5.33. The largest absolute Gasteiger partial charge is 0.384 e. The lowest BCUT2D eigenvalue weighted by Gasteiger charge is -2.43. The van der Waals surface area contributed by atoms with Gasteiger partial charge >= 0.3 is 0 Å². The van der Waals surface area contributed by atoms with Crippen LogP contribution in [0.25, 0.3) is 0 Å². The number of nitro groups is 1. The third-order valence-corrected chi connectivity index (χ3v) is 6.32. The zero-order valence-electron chi connectivity index (χ0n) is 17.9. The molecule has 1 atom stereocenters. The van der Waals surface area contributed by atoms with Crippen molar-refractivity contribution in [2.75, 3.05) is 4.90 Å². The van der Waals surface area contributed by atoms with Crippen molar-refractivity contribution in [3.63, 3.8) is 0 Å². The zero-order chi connectivity index (χ0) is 24.1. The number of carbonyl (C=O) groups excluding carboxylic acids is 1. The number of nitrogens with two attached hydrogens (primary N) is 1. The van der Waals surface area contributed by atoms with Crippen molar-refractivity contribution in [2.45, 2.75) is 32.6 Å². The fraction of sp³-hybridized carbons (Fsp3) is 0.250. The predicted molar refractivity (Wildman–Crippen MR) is 122 cm³/mol. The molecule has 2 aliphatic rings. The number of non-ortho nitro benzene ring substituents is 1. The van der Waals surface area contributed by atoms with Crippen molar-refractivity contribution in [2.24, 2.45) is 11.1 Å². The van der Waals surface area contributed by atoms with Gasteiger partial charge in [-0.1, -0.05) is 31.5 Å². The molecule has 0 saturated heterocycles. The number of nitro benzene ring substituents is 1. The number of ketones is 1. The van der Waals surface area contributed by atoms with E-state index in [9.17, 15) is 24.6 Å². The van der Waals surface area contributed by atoms with E-state index in [2.05, 4.69) is 6.07 Å². The molecule has 0 spiro atoms. The van der Waals surface area contributed by atoms with Gasteiger partial charge in [0.2, 0.25) is 0 Å². The lowest BCUT2D eigenvalue weighted by atomic mass is 9.68. The summed E-state index contributed by atoms with van der Waals surface area (Å²) < 4.78 is 15.0. The Morgan fingerprint density at radius 3 is 2.48 bits per heavy atom. The Morgan fingerprint density at radius 1 is 1.24 bits per heavy atom. The minimum absolute atomic E-state index is 0.00726. The summed E-state index contributed by atoms with van der Waals surface area (Å²) in [5.74, 6) is -1.88. The molecule has 2 aromatic rings. The molecule has 1 unspecified atom stereocenters. The van der Waals surface area contributed by atoms with Crippen molar-refractivity contribution in [1.29, 1.82) is 5.26 Å². The van der Waals surface area contributed by atoms with Gasteiger partial charge in [-0.2, -0.15) is 5.26 Å². The summed E-state index contributed by atoms with van der Waals surface area (Å²) in [4.78, 5) is 25.6. The van der Waals surface area contributed by atoms with Gasteiger partial charge in [0.05, 0.1) is 22.5 Å². The Kier molecular flexibility index (Phi) is 5.46. The molecular formula is C24H20ClFN4O3. The summed E-state index contributed by atoms with van der Waals surface area (Å²) in [6, 6.07) is 11.9. The van der Waals surface area contributed by atoms with Crippen molar-refractivity contribution >= 4 is 28.8 Å². The van der Waals surface area contributed by atoms with Crippen LogP contribution >= 0.6 is 11.6 Å². The van der Waals surface area contributed by atoms with E-state index < -0.39 is 22.1 Å². The van der Waals surface area contributed by atoms with Crippen LogP contribution in [0.3, 0.4) is 0 Å². The van der Waals surface area contributed by atoms with Crippen LogP contribution < -0.4 is 10.6 Å². The second-order valence-electron chi connectivity index (χ2n) is 8.89. The van der Waals surface area contributed by atoms with E-state index in [1.165, 1.54) is 42.5 Å². The van der Waals surface area contributed by atoms with Crippen LogP contribution in [0.5, 0.6) is 0 Å². The number of allylic oxidation sites excluding steroid dienone is 3. The van der Waals surface area contributed by atoms with Crippen LogP contribution in [0, 0.1) is 32.7 Å². The normalized spacial score (nSPS) is 19.9. The molecule has 2 N–H and O–H groups in total. The maximum Gasteiger partial charge on any atom is 0.269 e. The fourth-order valence-corrected chi connectivity index (χ4v) is 4.87. The van der Waals surface area contributed by atoms with Gasteiger partial charge in [0.15, 0.2) is 5.78 Å². The molecule has 2 aromatic carbocycles. The molecule has 168 valence electrons. The monoisotopic (exact) mass is 466 g/mol. The molecule has 0 amide bonds. The molecule has 7 nitrogen and oxygen atoms in total. The molecular weight excluding hydrogens is 447 g/mol. The molecule has 0 bridgehead atoms. The maximum absolute atomic E-state index is 15.0. The molecule has 0 fully saturated rings. The van der Waals surface area contributed by atoms with E-state index in [-0.39, 0.29) is 45.4 Å². The first-order valence-electron chi connectivity index (χ1n) is 10.2. The van der Waals surface area contributed by atoms with E-state index in [0.29, 0.717) is 17.8 Å². The molecule has 33 heavy (non-hydrogen) atoms. The average Bonchev–Trinajstić information content (AvgIpc) is 2.72. The van der Waals surface area contributed by atoms with Crippen molar-refractivity contribution in [3.05, 3.63) is 91.6 Å². The van der Waals surface area contributed by atoms with Crippen LogP contribution in [-0.2, 0) is 4.79 Å². The first-order chi connectivity index (χ1) is 15.6. The Morgan fingerprint density at radius 2 is 1.91 bits per heavy atom. The fourth-order valence-electron chi connectivity index (χ4n) is 4.60. The zero-order valence-corrected chi connectivity index (χ0v) is 18.7. The molecule has 4 rings (SSSR count). The number of benzene rings is 2. The van der Waals surface area contributed by atoms with E-state index >= 15 is 0 Å². The van der Waals surface area contributed by atoms with Crippen LogP contribution in [0.15, 0.2) is 65.1 Å². The lowest BCUT2D eigenvalue weighted by Crippen LogP contribution is -2.42. The minimum Gasteiger partial charge on any atom is -0.384 e. The first-order valence-corrected chi connectivity index (χ1v) is 10.6. The van der Waals surface area contributed by atoms with E-state index in [0.717, 1.165) is 0 Å². The Labute approximate surface area is 194 Å². The summed E-state index contributed by atoms with van der Waals surface area (Å²) in [5, 5.41) is 21.2. The second kappa shape index (κ2) is 8.01. The van der Waals surface area contributed by atoms with Gasteiger partial charge in [-0.3, -0.25) is 19.8 Å². The van der Waals surface area contributed by atoms with Crippen LogP contribution in [0.1, 0.15) is 38.2 Å². The maximum atomic E-state index is 15.0. The summed E-state index contributed by atoms with van der Waals surface area (Å²) >= 11 is 6.34. The van der Waals surface area contributed by atoms with Crippen LogP contribution in [0.4, 0.5) is 15.8 Å². The van der Waals surface area contributed by atoms with Crippen LogP contribution in [0.2, 0.25) is 5.02 Å². The number of hydrogen-bond donors (Lipinski definition) is 1. The quantitative estimate of drug-likeness (QED) is 0.483. The number of Topliss-reactive ketones (excluding diaryl/α,β-unsaturated/α-hetero) is 1. The van der Waals surface area contributed by atoms with Gasteiger partial charge in [-0.15, -0.1) is 0 Å². The van der Waals surface area contributed by atoms with E-state index in [4.69, 9.17) is 17.3 Å². The van der Waals surface area contributed by atoms with Gasteiger partial charge in [-0.25, -0.2) is 4.39 Å². The lowest BCUT2D eigenvalue weighted by molar-refractivity contribution is -0.384. The average molecular weight is 467 g/mol. The highest BCUT2D eigenvalue weighted by molar-refractivity contribution is 6.31. The Balaban J connectivity index is 2.01. The minimum atomic E-state index is -1.04. The molecule has 1 aliphatic carbocycles. The molecule has 1 aliphatic heterocycles. The third kappa shape index (κ3) is 3.74. The number of carbonyl (C=O) groups is 1.